The predicted molar refractivity (Wildman–Crippen MR) is 79.9 cm³/mol. The van der Waals surface area contributed by atoms with Crippen LogP contribution in [-0.4, -0.2) is 16.6 Å². The van der Waals surface area contributed by atoms with Crippen LogP contribution < -0.4 is 10.9 Å². The Morgan fingerprint density at radius 1 is 1.38 bits per heavy atom. The molecule has 0 saturated carbocycles. The second kappa shape index (κ2) is 6.20. The molecule has 1 unspecified atom stereocenters. The lowest BCUT2D eigenvalue weighted by atomic mass is 10.1. The molecule has 3 rings (SSSR count). The normalized spacial score (nSPS) is 15.5. The van der Waals surface area contributed by atoms with Gasteiger partial charge in [0.1, 0.15) is 5.82 Å². The summed E-state index contributed by atoms with van der Waals surface area (Å²) in [6, 6.07) is 10.4. The van der Waals surface area contributed by atoms with E-state index in [0.717, 1.165) is 5.69 Å². The van der Waals surface area contributed by atoms with Crippen molar-refractivity contribution in [3.63, 3.8) is 0 Å². The highest BCUT2D eigenvalue weighted by atomic mass is 16.5. The van der Waals surface area contributed by atoms with Crippen LogP contribution in [0.15, 0.2) is 35.1 Å². The molecule has 110 valence electrons. The standard InChI is InChI=1S/C16H19N3O2/c1-11(12-5-3-2-4-6-12)17-9-15-18-14-7-8-21-10-13(14)16(20)19-15/h2-6,11,17H,7-10H2,1H3,(H,18,19,20). The lowest BCUT2D eigenvalue weighted by Gasteiger charge is -2.17. The third-order valence-electron chi connectivity index (χ3n) is 3.76. The second-order valence-corrected chi connectivity index (χ2v) is 5.25. The maximum absolute atomic E-state index is 12.0. The molecule has 1 atom stereocenters. The molecule has 0 amide bonds. The highest BCUT2D eigenvalue weighted by Gasteiger charge is 2.16. The topological polar surface area (TPSA) is 67.0 Å². The number of nitrogens with one attached hydrogen (secondary N) is 2. The van der Waals surface area contributed by atoms with Crippen molar-refractivity contribution in [3.8, 4) is 0 Å². The molecule has 1 aromatic heterocycles. The fraction of sp³-hybridized carbons (Fsp3) is 0.375. The zero-order valence-corrected chi connectivity index (χ0v) is 12.1. The van der Waals surface area contributed by atoms with Crippen LogP contribution in [0.4, 0.5) is 0 Å². The number of aromatic amines is 1. The van der Waals surface area contributed by atoms with E-state index in [1.807, 2.05) is 18.2 Å². The molecule has 1 aliphatic rings. The fourth-order valence-electron chi connectivity index (χ4n) is 2.49. The number of hydrogen-bond acceptors (Lipinski definition) is 4. The first-order chi connectivity index (χ1) is 10.2. The largest absolute Gasteiger partial charge is 0.376 e. The van der Waals surface area contributed by atoms with Gasteiger partial charge in [0.15, 0.2) is 0 Å². The van der Waals surface area contributed by atoms with E-state index in [1.54, 1.807) is 0 Å². The van der Waals surface area contributed by atoms with Gasteiger partial charge < -0.3 is 15.0 Å². The van der Waals surface area contributed by atoms with Crippen molar-refractivity contribution in [1.29, 1.82) is 0 Å². The maximum atomic E-state index is 12.0. The summed E-state index contributed by atoms with van der Waals surface area (Å²) in [5.41, 5.74) is 2.67. The number of aromatic nitrogens is 2. The zero-order valence-electron chi connectivity index (χ0n) is 12.1. The molecule has 0 spiro atoms. The molecule has 5 heteroatoms. The number of fused-ring (bicyclic) bond motifs is 1. The molecule has 0 aliphatic carbocycles. The maximum Gasteiger partial charge on any atom is 0.256 e. The second-order valence-electron chi connectivity index (χ2n) is 5.25. The molecule has 0 fully saturated rings. The summed E-state index contributed by atoms with van der Waals surface area (Å²) in [5, 5.41) is 3.39. The van der Waals surface area contributed by atoms with E-state index in [9.17, 15) is 4.79 Å². The van der Waals surface area contributed by atoms with Crippen LogP contribution in [0.3, 0.4) is 0 Å². The van der Waals surface area contributed by atoms with Gasteiger partial charge in [-0.25, -0.2) is 4.98 Å². The lowest BCUT2D eigenvalue weighted by molar-refractivity contribution is 0.107. The van der Waals surface area contributed by atoms with Gasteiger partial charge in [-0.05, 0) is 12.5 Å². The quantitative estimate of drug-likeness (QED) is 0.897. The van der Waals surface area contributed by atoms with Crippen molar-refractivity contribution in [1.82, 2.24) is 15.3 Å². The summed E-state index contributed by atoms with van der Waals surface area (Å²) in [7, 11) is 0. The Balaban J connectivity index is 1.71. The molecular weight excluding hydrogens is 266 g/mol. The first kappa shape index (κ1) is 14.0. The highest BCUT2D eigenvalue weighted by Crippen LogP contribution is 2.13. The van der Waals surface area contributed by atoms with Crippen molar-refractivity contribution < 1.29 is 4.74 Å². The molecule has 0 saturated heterocycles. The molecule has 2 N–H and O–H groups in total. The van der Waals surface area contributed by atoms with E-state index >= 15 is 0 Å². The van der Waals surface area contributed by atoms with Gasteiger partial charge in [-0.2, -0.15) is 0 Å². The summed E-state index contributed by atoms with van der Waals surface area (Å²) in [6.07, 6.45) is 0.709. The van der Waals surface area contributed by atoms with Crippen molar-refractivity contribution in [2.75, 3.05) is 6.61 Å². The van der Waals surface area contributed by atoms with E-state index in [0.29, 0.717) is 37.6 Å². The van der Waals surface area contributed by atoms with E-state index in [-0.39, 0.29) is 11.6 Å². The van der Waals surface area contributed by atoms with Crippen molar-refractivity contribution >= 4 is 0 Å². The lowest BCUT2D eigenvalue weighted by Crippen LogP contribution is -2.28. The predicted octanol–water partition coefficient (Wildman–Crippen LogP) is 1.69. The third kappa shape index (κ3) is 3.20. The first-order valence-electron chi connectivity index (χ1n) is 7.21. The van der Waals surface area contributed by atoms with Crippen molar-refractivity contribution in [3.05, 3.63) is 63.3 Å². The Morgan fingerprint density at radius 3 is 3.00 bits per heavy atom. The van der Waals surface area contributed by atoms with Gasteiger partial charge in [-0.1, -0.05) is 30.3 Å². The van der Waals surface area contributed by atoms with Crippen LogP contribution in [-0.2, 0) is 24.3 Å². The van der Waals surface area contributed by atoms with Crippen LogP contribution in [0.1, 0.15) is 35.6 Å². The van der Waals surface area contributed by atoms with Crippen molar-refractivity contribution in [2.45, 2.75) is 32.5 Å². The van der Waals surface area contributed by atoms with E-state index in [1.165, 1.54) is 5.56 Å². The van der Waals surface area contributed by atoms with E-state index < -0.39 is 0 Å². The average molecular weight is 285 g/mol. The van der Waals surface area contributed by atoms with Gasteiger partial charge in [0.2, 0.25) is 0 Å². The Bertz CT molecular complexity index is 667. The van der Waals surface area contributed by atoms with Crippen LogP contribution in [0.25, 0.3) is 0 Å². The minimum atomic E-state index is -0.0798. The van der Waals surface area contributed by atoms with Gasteiger partial charge in [-0.3, -0.25) is 4.79 Å². The summed E-state index contributed by atoms with van der Waals surface area (Å²) in [4.78, 5) is 19.4. The highest BCUT2D eigenvalue weighted by molar-refractivity contribution is 5.20. The van der Waals surface area contributed by atoms with Gasteiger partial charge in [0.25, 0.3) is 5.56 Å². The number of ether oxygens (including phenoxy) is 1. The Kier molecular flexibility index (Phi) is 4.13. The molecule has 0 bridgehead atoms. The minimum absolute atomic E-state index is 0.0798. The molecular formula is C16H19N3O2. The number of hydrogen-bond donors (Lipinski definition) is 2. The minimum Gasteiger partial charge on any atom is -0.376 e. The van der Waals surface area contributed by atoms with E-state index in [2.05, 4.69) is 34.3 Å². The third-order valence-corrected chi connectivity index (χ3v) is 3.76. The number of H-pyrrole nitrogens is 1. The number of rotatable bonds is 4. The van der Waals surface area contributed by atoms with Crippen LogP contribution in [0.5, 0.6) is 0 Å². The Hall–Kier alpha value is -1.98. The Labute approximate surface area is 123 Å². The molecule has 5 nitrogen and oxygen atoms in total. The van der Waals surface area contributed by atoms with Crippen molar-refractivity contribution in [2.24, 2.45) is 0 Å². The summed E-state index contributed by atoms with van der Waals surface area (Å²) in [6.45, 7) is 3.64. The summed E-state index contributed by atoms with van der Waals surface area (Å²) >= 11 is 0. The Morgan fingerprint density at radius 2 is 2.19 bits per heavy atom. The first-order valence-corrected chi connectivity index (χ1v) is 7.21. The van der Waals surface area contributed by atoms with Crippen LogP contribution in [0.2, 0.25) is 0 Å². The average Bonchev–Trinajstić information content (AvgIpc) is 2.53. The molecule has 0 radical (unpaired) electrons. The van der Waals surface area contributed by atoms with Gasteiger partial charge in [0.05, 0.1) is 31.0 Å². The monoisotopic (exact) mass is 285 g/mol. The summed E-state index contributed by atoms with van der Waals surface area (Å²) < 4.78 is 5.30. The number of nitrogens with zero attached hydrogens (tertiary/aromatic N) is 1. The smallest absolute Gasteiger partial charge is 0.256 e. The van der Waals surface area contributed by atoms with Crippen LogP contribution in [0, 0.1) is 0 Å². The zero-order chi connectivity index (χ0) is 14.7. The molecule has 1 aromatic carbocycles. The molecule has 2 heterocycles. The fourth-order valence-corrected chi connectivity index (χ4v) is 2.49. The van der Waals surface area contributed by atoms with E-state index in [4.69, 9.17) is 4.74 Å². The van der Waals surface area contributed by atoms with Gasteiger partial charge in [0, 0.05) is 12.5 Å². The molecule has 1 aliphatic heterocycles. The van der Waals surface area contributed by atoms with Gasteiger partial charge >= 0.3 is 0 Å². The van der Waals surface area contributed by atoms with Crippen LogP contribution >= 0.6 is 0 Å². The number of benzene rings is 1. The van der Waals surface area contributed by atoms with Gasteiger partial charge in [-0.15, -0.1) is 0 Å². The molecule has 2 aromatic rings. The molecule has 21 heavy (non-hydrogen) atoms. The SMILES string of the molecule is CC(NCc1nc2c(c(=O)[nH]1)COCC2)c1ccccc1. The summed E-state index contributed by atoms with van der Waals surface area (Å²) in [5.74, 6) is 0.684.